The van der Waals surface area contributed by atoms with Crippen molar-refractivity contribution in [1.82, 2.24) is 24.4 Å². The summed E-state index contributed by atoms with van der Waals surface area (Å²) >= 11 is 0. The van der Waals surface area contributed by atoms with Gasteiger partial charge in [-0.3, -0.25) is 14.5 Å². The lowest BCUT2D eigenvalue weighted by atomic mass is 10.0. The van der Waals surface area contributed by atoms with E-state index >= 15 is 0 Å². The zero-order chi connectivity index (χ0) is 22.8. The van der Waals surface area contributed by atoms with Crippen LogP contribution in [0.4, 0.5) is 0 Å². The van der Waals surface area contributed by atoms with Crippen molar-refractivity contribution in [2.75, 3.05) is 6.54 Å². The third-order valence-electron chi connectivity index (χ3n) is 7.17. The summed E-state index contributed by atoms with van der Waals surface area (Å²) < 4.78 is 3.57. The Hall–Kier alpha value is -2.93. The predicted octanol–water partition coefficient (Wildman–Crippen LogP) is 3.53. The fourth-order valence-corrected chi connectivity index (χ4v) is 5.47. The van der Waals surface area contributed by atoms with E-state index in [9.17, 15) is 9.59 Å². The number of nitrogens with zero attached hydrogens (tertiary/aromatic N) is 4. The van der Waals surface area contributed by atoms with Crippen LogP contribution < -0.4 is 10.9 Å². The van der Waals surface area contributed by atoms with Gasteiger partial charge in [-0.25, -0.2) is 0 Å². The minimum atomic E-state index is -0.111. The van der Waals surface area contributed by atoms with Crippen LogP contribution in [0.25, 0.3) is 5.65 Å². The van der Waals surface area contributed by atoms with E-state index in [0.29, 0.717) is 24.3 Å². The largest absolute Gasteiger partial charge is 0.349 e. The number of hydrogen-bond donors (Lipinski definition) is 1. The molecule has 0 saturated heterocycles. The van der Waals surface area contributed by atoms with Crippen molar-refractivity contribution in [3.8, 4) is 0 Å². The standard InChI is InChI=1S/C26H33N5O2/c1-2-30-23-14-15-29(17-19-10-6-5-7-11-19)18-22(23)26(33)31-25(30)21(16-27-31)24(32)28-20-12-8-3-4-9-13-20/h5-7,10-11,16,20H,2-4,8-9,12-15,17-18H2,1H3,(H,28,32). The van der Waals surface area contributed by atoms with Gasteiger partial charge in [-0.15, -0.1) is 0 Å². The van der Waals surface area contributed by atoms with Gasteiger partial charge in [0, 0.05) is 44.3 Å². The molecule has 5 rings (SSSR count). The molecule has 1 aromatic carbocycles. The predicted molar refractivity (Wildman–Crippen MR) is 128 cm³/mol. The van der Waals surface area contributed by atoms with Crippen LogP contribution in [0.3, 0.4) is 0 Å². The highest BCUT2D eigenvalue weighted by molar-refractivity contribution is 6.00. The Bertz CT molecular complexity index is 1190. The second-order valence-corrected chi connectivity index (χ2v) is 9.38. The van der Waals surface area contributed by atoms with E-state index in [1.807, 2.05) is 18.2 Å². The summed E-state index contributed by atoms with van der Waals surface area (Å²) in [5, 5.41) is 7.60. The van der Waals surface area contributed by atoms with Crippen LogP contribution in [0.5, 0.6) is 0 Å². The van der Waals surface area contributed by atoms with Gasteiger partial charge < -0.3 is 9.88 Å². The average molecular weight is 448 g/mol. The van der Waals surface area contributed by atoms with Crippen molar-refractivity contribution in [2.24, 2.45) is 0 Å². The van der Waals surface area contributed by atoms with Gasteiger partial charge in [-0.1, -0.05) is 56.0 Å². The zero-order valence-electron chi connectivity index (χ0n) is 19.4. The van der Waals surface area contributed by atoms with Crippen LogP contribution in [0.1, 0.15) is 72.6 Å². The molecule has 0 unspecified atom stereocenters. The number of amides is 1. The van der Waals surface area contributed by atoms with E-state index in [2.05, 4.69) is 38.9 Å². The van der Waals surface area contributed by atoms with Crippen LogP contribution in [0.2, 0.25) is 0 Å². The van der Waals surface area contributed by atoms with Gasteiger partial charge in [0.05, 0.1) is 11.8 Å². The Morgan fingerprint density at radius 1 is 1.12 bits per heavy atom. The number of rotatable bonds is 5. The first-order valence-electron chi connectivity index (χ1n) is 12.3. The highest BCUT2D eigenvalue weighted by Crippen LogP contribution is 2.23. The molecule has 174 valence electrons. The summed E-state index contributed by atoms with van der Waals surface area (Å²) in [6.45, 7) is 5.07. The van der Waals surface area contributed by atoms with Gasteiger partial charge in [-0.05, 0) is 25.3 Å². The SMILES string of the molecule is CCn1c2c(c(=O)n3ncc(C(=O)NC4CCCCCC4)c13)CN(Cc1ccccc1)CC2. The molecule has 1 N–H and O–H groups in total. The average Bonchev–Trinajstić information content (AvgIpc) is 3.12. The normalized spacial score (nSPS) is 17.6. The Kier molecular flexibility index (Phi) is 6.31. The third kappa shape index (κ3) is 4.34. The Labute approximate surface area is 194 Å². The molecule has 7 nitrogen and oxygen atoms in total. The summed E-state index contributed by atoms with van der Waals surface area (Å²) in [5.74, 6) is -0.111. The van der Waals surface area contributed by atoms with E-state index in [4.69, 9.17) is 0 Å². The number of aromatic nitrogens is 3. The number of carbonyl (C=O) groups excluding carboxylic acids is 1. The van der Waals surface area contributed by atoms with E-state index in [0.717, 1.165) is 56.5 Å². The minimum absolute atomic E-state index is 0.101. The third-order valence-corrected chi connectivity index (χ3v) is 7.17. The smallest absolute Gasteiger partial charge is 0.279 e. The molecule has 0 atom stereocenters. The number of hydrogen-bond acceptors (Lipinski definition) is 4. The summed E-state index contributed by atoms with van der Waals surface area (Å²) in [5.41, 5.74) is 4.12. The second-order valence-electron chi connectivity index (χ2n) is 9.38. The van der Waals surface area contributed by atoms with Crippen LogP contribution in [0, 0.1) is 0 Å². The van der Waals surface area contributed by atoms with Crippen LogP contribution in [-0.2, 0) is 26.1 Å². The highest BCUT2D eigenvalue weighted by Gasteiger charge is 2.27. The number of fused-ring (bicyclic) bond motifs is 2. The number of nitrogens with one attached hydrogen (secondary N) is 1. The summed E-state index contributed by atoms with van der Waals surface area (Å²) in [6, 6.07) is 10.6. The van der Waals surface area contributed by atoms with Crippen molar-refractivity contribution in [2.45, 2.75) is 77.5 Å². The fraction of sp³-hybridized carbons (Fsp3) is 0.500. The fourth-order valence-electron chi connectivity index (χ4n) is 5.47. The molecule has 2 aromatic heterocycles. The number of aryl methyl sites for hydroxylation is 1. The molecule has 0 bridgehead atoms. The van der Waals surface area contributed by atoms with Gasteiger partial charge in [0.25, 0.3) is 11.5 Å². The maximum Gasteiger partial charge on any atom is 0.279 e. The van der Waals surface area contributed by atoms with Crippen molar-refractivity contribution < 1.29 is 4.79 Å². The molecule has 1 aliphatic heterocycles. The van der Waals surface area contributed by atoms with Gasteiger partial charge in [0.15, 0.2) is 5.65 Å². The zero-order valence-corrected chi connectivity index (χ0v) is 19.4. The summed E-state index contributed by atoms with van der Waals surface area (Å²) in [7, 11) is 0. The van der Waals surface area contributed by atoms with Gasteiger partial charge >= 0.3 is 0 Å². The Balaban J connectivity index is 1.46. The first-order chi connectivity index (χ1) is 16.2. The monoisotopic (exact) mass is 447 g/mol. The molecule has 2 aliphatic rings. The molecule has 1 aliphatic carbocycles. The van der Waals surface area contributed by atoms with Crippen LogP contribution in [0.15, 0.2) is 41.3 Å². The minimum Gasteiger partial charge on any atom is -0.349 e. The lowest BCUT2D eigenvalue weighted by Gasteiger charge is -2.30. The van der Waals surface area contributed by atoms with Gasteiger partial charge in [-0.2, -0.15) is 9.61 Å². The maximum absolute atomic E-state index is 13.4. The van der Waals surface area contributed by atoms with E-state index in [1.165, 1.54) is 22.9 Å². The molecule has 1 amide bonds. The lowest BCUT2D eigenvalue weighted by molar-refractivity contribution is 0.0934. The van der Waals surface area contributed by atoms with Crippen molar-refractivity contribution >= 4 is 11.6 Å². The first-order valence-corrected chi connectivity index (χ1v) is 12.3. The molecule has 7 heteroatoms. The van der Waals surface area contributed by atoms with Crippen LogP contribution in [-0.4, -0.2) is 37.6 Å². The first kappa shape index (κ1) is 21.9. The molecular weight excluding hydrogens is 414 g/mol. The maximum atomic E-state index is 13.4. The number of benzene rings is 1. The summed E-state index contributed by atoms with van der Waals surface area (Å²) in [4.78, 5) is 29.0. The van der Waals surface area contributed by atoms with Crippen molar-refractivity contribution in [3.05, 3.63) is 69.3 Å². The van der Waals surface area contributed by atoms with Crippen LogP contribution >= 0.6 is 0 Å². The molecule has 0 radical (unpaired) electrons. The quantitative estimate of drug-likeness (QED) is 0.608. The van der Waals surface area contributed by atoms with Crippen molar-refractivity contribution in [3.63, 3.8) is 0 Å². The topological polar surface area (TPSA) is 71.6 Å². The Morgan fingerprint density at radius 3 is 2.61 bits per heavy atom. The highest BCUT2D eigenvalue weighted by atomic mass is 16.2. The molecule has 1 saturated carbocycles. The molecule has 3 heterocycles. The van der Waals surface area contributed by atoms with E-state index < -0.39 is 0 Å². The number of carbonyl (C=O) groups is 1. The summed E-state index contributed by atoms with van der Waals surface area (Å²) in [6.07, 6.45) is 9.21. The van der Waals surface area contributed by atoms with Gasteiger partial charge in [0.1, 0.15) is 5.56 Å². The molecule has 0 spiro atoms. The lowest BCUT2D eigenvalue weighted by Crippen LogP contribution is -2.39. The van der Waals surface area contributed by atoms with Gasteiger partial charge in [0.2, 0.25) is 0 Å². The molecule has 1 fully saturated rings. The molecule has 3 aromatic rings. The molecule has 33 heavy (non-hydrogen) atoms. The van der Waals surface area contributed by atoms with Crippen molar-refractivity contribution in [1.29, 1.82) is 0 Å². The van der Waals surface area contributed by atoms with E-state index in [-0.39, 0.29) is 17.5 Å². The Morgan fingerprint density at radius 2 is 1.88 bits per heavy atom. The van der Waals surface area contributed by atoms with E-state index in [1.54, 1.807) is 6.20 Å². The second kappa shape index (κ2) is 9.51. The molecular formula is C26H33N5O2.